The molecule has 0 N–H and O–H groups in total. The SMILES string of the molecule is O=C1CCN(CCc2cnccn2)C1=O. The molecule has 2 heterocycles. The van der Waals surface area contributed by atoms with Crippen molar-refractivity contribution in [1.29, 1.82) is 0 Å². The monoisotopic (exact) mass is 205 g/mol. The first-order valence-electron chi connectivity index (χ1n) is 4.84. The summed E-state index contributed by atoms with van der Waals surface area (Å²) in [5.41, 5.74) is 0.838. The molecule has 15 heavy (non-hydrogen) atoms. The molecule has 78 valence electrons. The predicted octanol–water partition coefficient (Wildman–Crippen LogP) is -0.180. The summed E-state index contributed by atoms with van der Waals surface area (Å²) in [6.07, 6.45) is 5.88. The van der Waals surface area contributed by atoms with E-state index in [1.165, 1.54) is 0 Å². The van der Waals surface area contributed by atoms with Crippen molar-refractivity contribution in [3.05, 3.63) is 24.3 Å². The van der Waals surface area contributed by atoms with Crippen LogP contribution in [0.1, 0.15) is 12.1 Å². The summed E-state index contributed by atoms with van der Waals surface area (Å²) >= 11 is 0. The van der Waals surface area contributed by atoms with Crippen molar-refractivity contribution in [3.63, 3.8) is 0 Å². The largest absolute Gasteiger partial charge is 0.335 e. The fourth-order valence-electron chi connectivity index (χ4n) is 1.54. The van der Waals surface area contributed by atoms with Gasteiger partial charge >= 0.3 is 0 Å². The number of carbonyl (C=O) groups excluding carboxylic acids is 2. The van der Waals surface area contributed by atoms with Crippen molar-refractivity contribution in [1.82, 2.24) is 14.9 Å². The zero-order valence-electron chi connectivity index (χ0n) is 8.22. The van der Waals surface area contributed by atoms with Crippen molar-refractivity contribution in [2.45, 2.75) is 12.8 Å². The molecule has 1 saturated heterocycles. The van der Waals surface area contributed by atoms with Gasteiger partial charge in [-0.15, -0.1) is 0 Å². The summed E-state index contributed by atoms with van der Waals surface area (Å²) in [6, 6.07) is 0. The lowest BCUT2D eigenvalue weighted by molar-refractivity contribution is -0.139. The van der Waals surface area contributed by atoms with Gasteiger partial charge in [0.2, 0.25) is 5.78 Å². The average Bonchev–Trinajstić information content (AvgIpc) is 2.59. The van der Waals surface area contributed by atoms with Crippen LogP contribution in [0.25, 0.3) is 0 Å². The third-order valence-electron chi connectivity index (χ3n) is 2.39. The van der Waals surface area contributed by atoms with E-state index in [1.54, 1.807) is 23.5 Å². The van der Waals surface area contributed by atoms with Crippen molar-refractivity contribution < 1.29 is 9.59 Å². The van der Waals surface area contributed by atoms with Gasteiger partial charge in [-0.1, -0.05) is 0 Å². The van der Waals surface area contributed by atoms with E-state index in [-0.39, 0.29) is 11.7 Å². The second kappa shape index (κ2) is 4.16. The fourth-order valence-corrected chi connectivity index (χ4v) is 1.54. The van der Waals surface area contributed by atoms with Crippen LogP contribution < -0.4 is 0 Å². The molecular formula is C10H11N3O2. The van der Waals surface area contributed by atoms with Gasteiger partial charge in [0.25, 0.3) is 5.91 Å². The maximum absolute atomic E-state index is 11.3. The molecule has 1 aromatic rings. The summed E-state index contributed by atoms with van der Waals surface area (Å²) in [5, 5.41) is 0. The molecule has 0 unspecified atom stereocenters. The van der Waals surface area contributed by atoms with Crippen molar-refractivity contribution in [2.75, 3.05) is 13.1 Å². The van der Waals surface area contributed by atoms with Crippen molar-refractivity contribution in [3.8, 4) is 0 Å². The summed E-state index contributed by atoms with van der Waals surface area (Å²) < 4.78 is 0. The molecule has 0 bridgehead atoms. The van der Waals surface area contributed by atoms with Gasteiger partial charge in [0.05, 0.1) is 5.69 Å². The van der Waals surface area contributed by atoms with Crippen LogP contribution in [0.2, 0.25) is 0 Å². The van der Waals surface area contributed by atoms with E-state index in [0.29, 0.717) is 25.9 Å². The molecule has 0 aromatic carbocycles. The Bertz CT molecular complexity index is 378. The van der Waals surface area contributed by atoms with E-state index >= 15 is 0 Å². The zero-order chi connectivity index (χ0) is 10.7. The molecule has 0 aliphatic carbocycles. The predicted molar refractivity (Wildman–Crippen MR) is 51.9 cm³/mol. The quantitative estimate of drug-likeness (QED) is 0.642. The van der Waals surface area contributed by atoms with E-state index in [9.17, 15) is 9.59 Å². The molecule has 1 fully saturated rings. The maximum Gasteiger partial charge on any atom is 0.290 e. The third-order valence-corrected chi connectivity index (χ3v) is 2.39. The van der Waals surface area contributed by atoms with Crippen LogP contribution >= 0.6 is 0 Å². The molecule has 1 aromatic heterocycles. The Morgan fingerprint density at radius 1 is 1.33 bits per heavy atom. The molecule has 2 rings (SSSR count). The standard InChI is InChI=1S/C10H11N3O2/c14-9-2-6-13(10(9)15)5-1-8-7-11-3-4-12-8/h3-4,7H,1-2,5-6H2. The highest BCUT2D eigenvalue weighted by Gasteiger charge is 2.28. The molecule has 5 nitrogen and oxygen atoms in total. The van der Waals surface area contributed by atoms with E-state index in [4.69, 9.17) is 0 Å². The molecule has 1 amide bonds. The van der Waals surface area contributed by atoms with Gasteiger partial charge < -0.3 is 4.90 Å². The van der Waals surface area contributed by atoms with Gasteiger partial charge in [0.15, 0.2) is 0 Å². The van der Waals surface area contributed by atoms with Crippen LogP contribution in [-0.2, 0) is 16.0 Å². The first-order chi connectivity index (χ1) is 7.27. The average molecular weight is 205 g/mol. The van der Waals surface area contributed by atoms with Crippen LogP contribution in [0.15, 0.2) is 18.6 Å². The van der Waals surface area contributed by atoms with Crippen molar-refractivity contribution >= 4 is 11.7 Å². The molecule has 1 aliphatic rings. The Balaban J connectivity index is 1.89. The number of hydrogen-bond acceptors (Lipinski definition) is 4. The number of likely N-dealkylation sites (tertiary alicyclic amines) is 1. The first-order valence-corrected chi connectivity index (χ1v) is 4.84. The molecular weight excluding hydrogens is 194 g/mol. The summed E-state index contributed by atoms with van der Waals surface area (Å²) in [7, 11) is 0. The lowest BCUT2D eigenvalue weighted by Crippen LogP contribution is -2.29. The summed E-state index contributed by atoms with van der Waals surface area (Å²) in [6.45, 7) is 1.08. The minimum Gasteiger partial charge on any atom is -0.335 e. The molecule has 0 spiro atoms. The van der Waals surface area contributed by atoms with Crippen LogP contribution in [0.5, 0.6) is 0 Å². The number of amides is 1. The molecule has 1 aliphatic heterocycles. The van der Waals surface area contributed by atoms with Crippen LogP contribution in [0.4, 0.5) is 0 Å². The lowest BCUT2D eigenvalue weighted by atomic mass is 10.3. The van der Waals surface area contributed by atoms with Crippen LogP contribution in [0.3, 0.4) is 0 Å². The highest BCUT2D eigenvalue weighted by Crippen LogP contribution is 2.06. The third kappa shape index (κ3) is 2.18. The minimum atomic E-state index is -0.362. The Hall–Kier alpha value is -1.78. The topological polar surface area (TPSA) is 63.2 Å². The molecule has 0 saturated carbocycles. The summed E-state index contributed by atoms with van der Waals surface area (Å²) in [5.74, 6) is -0.645. The second-order valence-corrected chi connectivity index (χ2v) is 3.41. The van der Waals surface area contributed by atoms with Gasteiger partial charge in [-0.05, 0) is 0 Å². The van der Waals surface area contributed by atoms with Crippen LogP contribution in [0, 0.1) is 0 Å². The first kappa shape index (κ1) is 9.76. The van der Waals surface area contributed by atoms with Crippen LogP contribution in [-0.4, -0.2) is 39.6 Å². The Kier molecular flexibility index (Phi) is 2.71. The molecule has 5 heteroatoms. The van der Waals surface area contributed by atoms with Gasteiger partial charge in [-0.25, -0.2) is 0 Å². The van der Waals surface area contributed by atoms with E-state index in [0.717, 1.165) is 5.69 Å². The fraction of sp³-hybridized carbons (Fsp3) is 0.400. The normalized spacial score (nSPS) is 16.1. The van der Waals surface area contributed by atoms with E-state index < -0.39 is 0 Å². The summed E-state index contributed by atoms with van der Waals surface area (Å²) in [4.78, 5) is 31.8. The van der Waals surface area contributed by atoms with Gasteiger partial charge in [-0.2, -0.15) is 0 Å². The lowest BCUT2D eigenvalue weighted by Gasteiger charge is -2.13. The van der Waals surface area contributed by atoms with Gasteiger partial charge in [-0.3, -0.25) is 19.6 Å². The molecule has 0 radical (unpaired) electrons. The highest BCUT2D eigenvalue weighted by molar-refractivity contribution is 6.37. The van der Waals surface area contributed by atoms with Crippen molar-refractivity contribution in [2.24, 2.45) is 0 Å². The maximum atomic E-state index is 11.3. The number of Topliss-reactive ketones (excluding diaryl/α,β-unsaturated/α-hetero) is 1. The second-order valence-electron chi connectivity index (χ2n) is 3.41. The number of rotatable bonds is 3. The zero-order valence-corrected chi connectivity index (χ0v) is 8.22. The smallest absolute Gasteiger partial charge is 0.290 e. The Labute approximate surface area is 87.1 Å². The van der Waals surface area contributed by atoms with Gasteiger partial charge in [0, 0.05) is 44.5 Å². The van der Waals surface area contributed by atoms with Gasteiger partial charge in [0.1, 0.15) is 0 Å². The number of carbonyl (C=O) groups is 2. The number of nitrogens with zero attached hydrogens (tertiary/aromatic N) is 3. The minimum absolute atomic E-state index is 0.283. The molecule has 0 atom stereocenters. The number of ketones is 1. The van der Waals surface area contributed by atoms with E-state index in [2.05, 4.69) is 9.97 Å². The Morgan fingerprint density at radius 2 is 2.20 bits per heavy atom. The number of hydrogen-bond donors (Lipinski definition) is 0. The highest BCUT2D eigenvalue weighted by atomic mass is 16.2. The number of aromatic nitrogens is 2. The Morgan fingerprint density at radius 3 is 2.80 bits per heavy atom. The van der Waals surface area contributed by atoms with E-state index in [1.807, 2.05) is 0 Å².